The molecular weight excluding hydrogens is 379 g/mol. The predicted octanol–water partition coefficient (Wildman–Crippen LogP) is 4.93. The van der Waals surface area contributed by atoms with Crippen molar-refractivity contribution >= 4 is 34.0 Å². The van der Waals surface area contributed by atoms with E-state index in [1.165, 1.54) is 17.2 Å². The molecule has 2 aromatic rings. The summed E-state index contributed by atoms with van der Waals surface area (Å²) in [6.07, 6.45) is 0. The molecule has 0 radical (unpaired) electrons. The molecule has 2 aromatic carbocycles. The van der Waals surface area contributed by atoms with Gasteiger partial charge < -0.3 is 5.32 Å². The van der Waals surface area contributed by atoms with Gasteiger partial charge in [-0.25, -0.2) is 0 Å². The van der Waals surface area contributed by atoms with E-state index in [-0.39, 0.29) is 10.6 Å². The molecular formula is C16H17IN2O2. The molecule has 0 heterocycles. The van der Waals surface area contributed by atoms with Crippen LogP contribution in [0.3, 0.4) is 0 Å². The number of benzene rings is 2. The fourth-order valence-corrected chi connectivity index (χ4v) is 2.67. The van der Waals surface area contributed by atoms with Crippen LogP contribution in [-0.2, 0) is 6.54 Å². The minimum Gasteiger partial charge on any atom is -0.380 e. The molecule has 0 saturated carbocycles. The summed E-state index contributed by atoms with van der Waals surface area (Å²) in [6.45, 7) is 5.05. The van der Waals surface area contributed by atoms with Crippen molar-refractivity contribution in [1.82, 2.24) is 0 Å². The molecule has 4 nitrogen and oxygen atoms in total. The zero-order valence-corrected chi connectivity index (χ0v) is 14.1. The highest BCUT2D eigenvalue weighted by atomic mass is 127. The Morgan fingerprint density at radius 1 is 1.19 bits per heavy atom. The van der Waals surface area contributed by atoms with Gasteiger partial charge in [-0.15, -0.1) is 0 Å². The van der Waals surface area contributed by atoms with Crippen molar-refractivity contribution in [3.8, 4) is 0 Å². The van der Waals surface area contributed by atoms with Crippen LogP contribution in [0.4, 0.5) is 11.4 Å². The van der Waals surface area contributed by atoms with E-state index in [1.54, 1.807) is 12.1 Å². The van der Waals surface area contributed by atoms with Gasteiger partial charge in [-0.05, 0) is 45.7 Å². The van der Waals surface area contributed by atoms with E-state index >= 15 is 0 Å². The molecule has 2 rings (SSSR count). The monoisotopic (exact) mass is 396 g/mol. The second-order valence-corrected chi connectivity index (χ2v) is 6.33. The van der Waals surface area contributed by atoms with E-state index in [0.717, 1.165) is 9.26 Å². The highest BCUT2D eigenvalue weighted by Crippen LogP contribution is 2.24. The number of halogens is 1. The maximum Gasteiger partial charge on any atom is 0.270 e. The maximum atomic E-state index is 10.7. The van der Waals surface area contributed by atoms with Crippen molar-refractivity contribution in [2.45, 2.75) is 26.3 Å². The normalized spacial score (nSPS) is 10.7. The van der Waals surface area contributed by atoms with Gasteiger partial charge in [0.25, 0.3) is 5.69 Å². The Bertz CT molecular complexity index is 639. The Morgan fingerprint density at radius 3 is 2.38 bits per heavy atom. The second kappa shape index (κ2) is 6.89. The molecule has 0 spiro atoms. The van der Waals surface area contributed by atoms with E-state index in [4.69, 9.17) is 0 Å². The van der Waals surface area contributed by atoms with Gasteiger partial charge in [0, 0.05) is 27.9 Å². The topological polar surface area (TPSA) is 55.2 Å². The average Bonchev–Trinajstić information content (AvgIpc) is 2.46. The number of hydrogen-bond donors (Lipinski definition) is 1. The van der Waals surface area contributed by atoms with Crippen LogP contribution >= 0.6 is 22.6 Å². The van der Waals surface area contributed by atoms with Crippen LogP contribution in [0, 0.1) is 13.7 Å². The number of nitro benzene ring substituents is 1. The van der Waals surface area contributed by atoms with Crippen LogP contribution < -0.4 is 5.32 Å². The number of nitro groups is 1. The lowest BCUT2D eigenvalue weighted by Gasteiger charge is -2.10. The molecule has 0 aliphatic heterocycles. The first-order valence-corrected chi connectivity index (χ1v) is 7.82. The largest absolute Gasteiger partial charge is 0.380 e. The third-order valence-electron chi connectivity index (χ3n) is 3.29. The van der Waals surface area contributed by atoms with Crippen molar-refractivity contribution in [3.05, 3.63) is 67.3 Å². The smallest absolute Gasteiger partial charge is 0.270 e. The fraction of sp³-hybridized carbons (Fsp3) is 0.250. The first kappa shape index (κ1) is 15.8. The van der Waals surface area contributed by atoms with Crippen molar-refractivity contribution in [3.63, 3.8) is 0 Å². The van der Waals surface area contributed by atoms with Crippen LogP contribution in [0.15, 0.2) is 42.5 Å². The average molecular weight is 396 g/mol. The lowest BCUT2D eigenvalue weighted by Crippen LogP contribution is -2.02. The first-order chi connectivity index (χ1) is 9.97. The number of rotatable bonds is 5. The minimum absolute atomic E-state index is 0.117. The van der Waals surface area contributed by atoms with Crippen LogP contribution in [0.5, 0.6) is 0 Å². The van der Waals surface area contributed by atoms with Crippen LogP contribution in [0.2, 0.25) is 0 Å². The molecule has 0 atom stereocenters. The van der Waals surface area contributed by atoms with Crippen LogP contribution in [-0.4, -0.2) is 4.92 Å². The summed E-state index contributed by atoms with van der Waals surface area (Å²) < 4.78 is 0.848. The van der Waals surface area contributed by atoms with E-state index in [9.17, 15) is 10.1 Å². The summed E-state index contributed by atoms with van der Waals surface area (Å²) in [5, 5.41) is 14.0. The predicted molar refractivity (Wildman–Crippen MR) is 93.7 cm³/mol. The van der Waals surface area contributed by atoms with Crippen LogP contribution in [0.1, 0.15) is 30.9 Å². The van der Waals surface area contributed by atoms with E-state index in [0.29, 0.717) is 12.5 Å². The molecule has 1 N–H and O–H groups in total. The molecule has 0 saturated heterocycles. The maximum absolute atomic E-state index is 10.7. The van der Waals surface area contributed by atoms with Gasteiger partial charge in [-0.2, -0.15) is 0 Å². The highest BCUT2D eigenvalue weighted by molar-refractivity contribution is 14.1. The molecule has 0 fully saturated rings. The second-order valence-electron chi connectivity index (χ2n) is 5.17. The molecule has 21 heavy (non-hydrogen) atoms. The molecule has 0 aromatic heterocycles. The van der Waals surface area contributed by atoms with Crippen molar-refractivity contribution in [2.75, 3.05) is 5.32 Å². The summed E-state index contributed by atoms with van der Waals surface area (Å²) in [5.74, 6) is 0.530. The Morgan fingerprint density at radius 2 is 1.86 bits per heavy atom. The molecule has 0 aliphatic rings. The number of anilines is 1. The minimum atomic E-state index is -0.378. The zero-order chi connectivity index (χ0) is 15.4. The number of nitrogens with zero attached hydrogens (tertiary/aromatic N) is 1. The van der Waals surface area contributed by atoms with E-state index < -0.39 is 0 Å². The number of non-ortho nitro benzene ring substituents is 1. The van der Waals surface area contributed by atoms with Gasteiger partial charge in [0.15, 0.2) is 0 Å². The molecule has 0 amide bonds. The quantitative estimate of drug-likeness (QED) is 0.443. The number of nitrogens with one attached hydrogen (secondary N) is 1. The van der Waals surface area contributed by atoms with E-state index in [2.05, 4.69) is 66.0 Å². The SMILES string of the molecule is CC(C)c1ccc(CNc2ccc([N+](=O)[O-])cc2I)cc1. The van der Waals surface area contributed by atoms with E-state index in [1.807, 2.05) is 0 Å². The Kier molecular flexibility index (Phi) is 5.17. The fourth-order valence-electron chi connectivity index (χ4n) is 1.98. The summed E-state index contributed by atoms with van der Waals surface area (Å²) in [4.78, 5) is 10.3. The molecule has 0 aliphatic carbocycles. The van der Waals surface area contributed by atoms with Gasteiger partial charge in [0.2, 0.25) is 0 Å². The first-order valence-electron chi connectivity index (χ1n) is 6.74. The Labute approximate surface area is 137 Å². The summed E-state index contributed by atoms with van der Waals surface area (Å²) in [7, 11) is 0. The van der Waals surface area contributed by atoms with Gasteiger partial charge in [0.1, 0.15) is 0 Å². The van der Waals surface area contributed by atoms with Gasteiger partial charge in [-0.1, -0.05) is 38.1 Å². The summed E-state index contributed by atoms with van der Waals surface area (Å²) in [6, 6.07) is 13.4. The molecule has 110 valence electrons. The lowest BCUT2D eigenvalue weighted by atomic mass is 10.0. The van der Waals surface area contributed by atoms with Gasteiger partial charge in [-0.3, -0.25) is 10.1 Å². The summed E-state index contributed by atoms with van der Waals surface area (Å²) >= 11 is 2.11. The van der Waals surface area contributed by atoms with Gasteiger partial charge in [0.05, 0.1) is 4.92 Å². The number of hydrogen-bond acceptors (Lipinski definition) is 3. The van der Waals surface area contributed by atoms with Crippen molar-refractivity contribution < 1.29 is 4.92 Å². The van der Waals surface area contributed by atoms with Gasteiger partial charge >= 0.3 is 0 Å². The third kappa shape index (κ3) is 4.17. The van der Waals surface area contributed by atoms with Crippen molar-refractivity contribution in [1.29, 1.82) is 0 Å². The van der Waals surface area contributed by atoms with Crippen LogP contribution in [0.25, 0.3) is 0 Å². The molecule has 0 unspecified atom stereocenters. The summed E-state index contributed by atoms with van der Waals surface area (Å²) in [5.41, 5.74) is 3.54. The molecule has 5 heteroatoms. The zero-order valence-electron chi connectivity index (χ0n) is 12.0. The Hall–Kier alpha value is -1.63. The lowest BCUT2D eigenvalue weighted by molar-refractivity contribution is -0.384. The standard InChI is InChI=1S/C16H17IN2O2/c1-11(2)13-5-3-12(4-6-13)10-18-16-8-7-14(19(20)21)9-15(16)17/h3-9,11,18H,10H2,1-2H3. The highest BCUT2D eigenvalue weighted by Gasteiger charge is 2.08. The third-order valence-corrected chi connectivity index (χ3v) is 4.19. The Balaban J connectivity index is 2.04. The van der Waals surface area contributed by atoms with Crippen molar-refractivity contribution in [2.24, 2.45) is 0 Å². The molecule has 0 bridgehead atoms.